The topological polar surface area (TPSA) is 87.7 Å². The molecule has 0 saturated carbocycles. The summed E-state index contributed by atoms with van der Waals surface area (Å²) in [5.74, 6) is -0.211. The molecule has 0 N–H and O–H groups in total. The molecule has 0 bridgehead atoms. The van der Waals surface area contributed by atoms with E-state index in [2.05, 4.69) is 4.98 Å². The van der Waals surface area contributed by atoms with Crippen LogP contribution in [0.5, 0.6) is 0 Å². The Kier molecular flexibility index (Phi) is 4.54. The molecule has 0 spiro atoms. The smallest absolute Gasteiger partial charge is 0.235 e. The number of hydrogen-bond donors (Lipinski definition) is 0. The molecule has 2 rings (SSSR count). The molecule has 0 amide bonds. The first-order chi connectivity index (χ1) is 9.74. The largest absolute Gasteiger partial charge is 0.269 e. The molecule has 1 saturated heterocycles. The zero-order valence-corrected chi connectivity index (χ0v) is 13.6. The standard InChI is InChI=1S/C12H19N3O4S2/c1-3-15(12-5-4-6-13-7-12)21(18,19)10-11-8-14(9-11)20(2,16)17/h4-7,11H,3,8-10H2,1-2H3. The van der Waals surface area contributed by atoms with Crippen LogP contribution in [0.4, 0.5) is 5.69 Å². The van der Waals surface area contributed by atoms with Gasteiger partial charge in [0.2, 0.25) is 20.0 Å². The van der Waals surface area contributed by atoms with Crippen LogP contribution in [0.25, 0.3) is 0 Å². The monoisotopic (exact) mass is 333 g/mol. The van der Waals surface area contributed by atoms with Gasteiger partial charge in [0.05, 0.1) is 23.9 Å². The van der Waals surface area contributed by atoms with E-state index in [-0.39, 0.29) is 24.8 Å². The number of nitrogens with zero attached hydrogens (tertiary/aromatic N) is 3. The lowest BCUT2D eigenvalue weighted by Gasteiger charge is -2.37. The van der Waals surface area contributed by atoms with Gasteiger partial charge >= 0.3 is 0 Å². The van der Waals surface area contributed by atoms with Crippen molar-refractivity contribution in [3.8, 4) is 0 Å². The average Bonchev–Trinajstić information content (AvgIpc) is 2.34. The average molecular weight is 333 g/mol. The molecule has 0 unspecified atom stereocenters. The summed E-state index contributed by atoms with van der Waals surface area (Å²) in [5.41, 5.74) is 0.527. The van der Waals surface area contributed by atoms with Crippen LogP contribution in [0.3, 0.4) is 0 Å². The van der Waals surface area contributed by atoms with Crippen molar-refractivity contribution in [1.29, 1.82) is 0 Å². The van der Waals surface area contributed by atoms with Crippen molar-refractivity contribution in [3.63, 3.8) is 0 Å². The van der Waals surface area contributed by atoms with Crippen molar-refractivity contribution in [3.05, 3.63) is 24.5 Å². The lowest BCUT2D eigenvalue weighted by atomic mass is 10.1. The summed E-state index contributed by atoms with van der Waals surface area (Å²) in [5, 5.41) is 0. The highest BCUT2D eigenvalue weighted by Crippen LogP contribution is 2.24. The van der Waals surface area contributed by atoms with Crippen LogP contribution >= 0.6 is 0 Å². The lowest BCUT2D eigenvalue weighted by Crippen LogP contribution is -2.53. The summed E-state index contributed by atoms with van der Waals surface area (Å²) in [6.07, 6.45) is 4.22. The Morgan fingerprint density at radius 1 is 1.33 bits per heavy atom. The van der Waals surface area contributed by atoms with Gasteiger partial charge in [0, 0.05) is 31.7 Å². The van der Waals surface area contributed by atoms with Gasteiger partial charge in [0.1, 0.15) is 0 Å². The molecule has 9 heteroatoms. The van der Waals surface area contributed by atoms with Crippen LogP contribution in [-0.2, 0) is 20.0 Å². The summed E-state index contributed by atoms with van der Waals surface area (Å²) in [6.45, 7) is 2.61. The molecule has 2 heterocycles. The molecule has 7 nitrogen and oxygen atoms in total. The van der Waals surface area contributed by atoms with E-state index >= 15 is 0 Å². The molecule has 1 fully saturated rings. The normalized spacial score (nSPS) is 17.4. The summed E-state index contributed by atoms with van der Waals surface area (Å²) < 4.78 is 50.1. The zero-order chi connectivity index (χ0) is 15.7. The Morgan fingerprint density at radius 3 is 2.48 bits per heavy atom. The second kappa shape index (κ2) is 5.90. The minimum Gasteiger partial charge on any atom is -0.269 e. The number of hydrogen-bond acceptors (Lipinski definition) is 5. The zero-order valence-electron chi connectivity index (χ0n) is 12.0. The van der Waals surface area contributed by atoms with E-state index in [9.17, 15) is 16.8 Å². The third-order valence-corrected chi connectivity index (χ3v) is 6.67. The molecule has 118 valence electrons. The molecular weight excluding hydrogens is 314 g/mol. The highest BCUT2D eigenvalue weighted by molar-refractivity contribution is 7.92. The van der Waals surface area contributed by atoms with Gasteiger partial charge in [-0.15, -0.1) is 0 Å². The summed E-state index contributed by atoms with van der Waals surface area (Å²) in [6, 6.07) is 3.37. The Hall–Kier alpha value is -1.19. The third kappa shape index (κ3) is 3.72. The maximum atomic E-state index is 12.5. The van der Waals surface area contributed by atoms with Crippen molar-refractivity contribution in [1.82, 2.24) is 9.29 Å². The maximum Gasteiger partial charge on any atom is 0.235 e. The van der Waals surface area contributed by atoms with Crippen LogP contribution in [0.15, 0.2) is 24.5 Å². The predicted molar refractivity (Wildman–Crippen MR) is 81.0 cm³/mol. The molecule has 1 aliphatic heterocycles. The Balaban J connectivity index is 2.06. The van der Waals surface area contributed by atoms with E-state index in [1.54, 1.807) is 25.3 Å². The van der Waals surface area contributed by atoms with Gasteiger partial charge in [-0.3, -0.25) is 9.29 Å². The number of pyridine rings is 1. The number of aromatic nitrogens is 1. The van der Waals surface area contributed by atoms with Gasteiger partial charge in [-0.2, -0.15) is 0 Å². The van der Waals surface area contributed by atoms with Crippen LogP contribution in [0.1, 0.15) is 6.92 Å². The van der Waals surface area contributed by atoms with Crippen molar-refractivity contribution < 1.29 is 16.8 Å². The summed E-state index contributed by atoms with van der Waals surface area (Å²) in [4.78, 5) is 3.93. The van der Waals surface area contributed by atoms with Crippen LogP contribution in [0, 0.1) is 5.92 Å². The number of rotatable bonds is 6. The first-order valence-corrected chi connectivity index (χ1v) is 10.1. The number of sulfonamides is 2. The highest BCUT2D eigenvalue weighted by Gasteiger charge is 2.37. The molecule has 1 aromatic rings. The van der Waals surface area contributed by atoms with Crippen LogP contribution in [0.2, 0.25) is 0 Å². The Bertz CT molecular complexity index is 682. The van der Waals surface area contributed by atoms with Crippen molar-refractivity contribution in [2.45, 2.75) is 6.92 Å². The van der Waals surface area contributed by atoms with Crippen molar-refractivity contribution in [2.24, 2.45) is 5.92 Å². The Morgan fingerprint density at radius 2 is 2.00 bits per heavy atom. The van der Waals surface area contributed by atoms with Gasteiger partial charge in [0.15, 0.2) is 0 Å². The van der Waals surface area contributed by atoms with Crippen molar-refractivity contribution >= 4 is 25.7 Å². The maximum absolute atomic E-state index is 12.5. The Labute approximate surface area is 125 Å². The first kappa shape index (κ1) is 16.2. The molecule has 21 heavy (non-hydrogen) atoms. The fraction of sp³-hybridized carbons (Fsp3) is 0.583. The molecule has 0 radical (unpaired) electrons. The van der Waals surface area contributed by atoms with E-state index < -0.39 is 20.0 Å². The SMILES string of the molecule is CCN(c1cccnc1)S(=O)(=O)CC1CN(S(C)(=O)=O)C1. The summed E-state index contributed by atoms with van der Waals surface area (Å²) in [7, 11) is -6.70. The predicted octanol–water partition coefficient (Wildman–Crippen LogP) is 0.129. The fourth-order valence-corrected chi connectivity index (χ4v) is 5.10. The second-order valence-corrected chi connectivity index (χ2v) is 9.02. The minimum atomic E-state index is -3.48. The summed E-state index contributed by atoms with van der Waals surface area (Å²) >= 11 is 0. The quantitative estimate of drug-likeness (QED) is 0.738. The van der Waals surface area contributed by atoms with Crippen LogP contribution in [-0.4, -0.2) is 57.8 Å². The molecule has 0 aliphatic carbocycles. The molecule has 0 atom stereocenters. The van der Waals surface area contributed by atoms with Gasteiger partial charge in [-0.1, -0.05) is 0 Å². The lowest BCUT2D eigenvalue weighted by molar-refractivity contribution is 0.221. The molecule has 0 aromatic carbocycles. The van der Waals surface area contributed by atoms with E-state index in [0.717, 1.165) is 6.26 Å². The van der Waals surface area contributed by atoms with E-state index in [1.165, 1.54) is 14.8 Å². The first-order valence-electron chi connectivity index (χ1n) is 6.59. The fourth-order valence-electron chi connectivity index (χ4n) is 2.33. The van der Waals surface area contributed by atoms with Gasteiger partial charge in [-0.05, 0) is 19.1 Å². The van der Waals surface area contributed by atoms with Gasteiger partial charge in [0.25, 0.3) is 0 Å². The third-order valence-electron chi connectivity index (χ3n) is 3.40. The minimum absolute atomic E-state index is 0.0538. The van der Waals surface area contributed by atoms with Crippen LogP contribution < -0.4 is 4.31 Å². The van der Waals surface area contributed by atoms with Crippen molar-refractivity contribution in [2.75, 3.05) is 35.9 Å². The molecular formula is C12H19N3O4S2. The van der Waals surface area contributed by atoms with E-state index in [0.29, 0.717) is 12.2 Å². The highest BCUT2D eigenvalue weighted by atomic mass is 32.2. The molecule has 1 aliphatic rings. The number of anilines is 1. The van der Waals surface area contributed by atoms with E-state index in [1.807, 2.05) is 0 Å². The second-order valence-electron chi connectivity index (χ2n) is 5.10. The van der Waals surface area contributed by atoms with Gasteiger partial charge in [-0.25, -0.2) is 21.1 Å². The van der Waals surface area contributed by atoms with E-state index in [4.69, 9.17) is 0 Å². The molecule has 1 aromatic heterocycles. The van der Waals surface area contributed by atoms with Gasteiger partial charge < -0.3 is 0 Å².